The molecule has 2 rings (SSSR count). The van der Waals surface area contributed by atoms with E-state index < -0.39 is 0 Å². The molecular weight excluding hydrogens is 258 g/mol. The largest absolute Gasteiger partial charge is 0.448 e. The van der Waals surface area contributed by atoms with Crippen molar-refractivity contribution in [2.75, 3.05) is 18.5 Å². The Balaban J connectivity index is 1.97. The lowest BCUT2D eigenvalue weighted by atomic mass is 10.2. The number of nitrogens with zero attached hydrogens (tertiary/aromatic N) is 1. The van der Waals surface area contributed by atoms with Crippen LogP contribution in [0.4, 0.5) is 15.3 Å². The molecule has 0 aliphatic carbocycles. The normalized spacial score (nSPS) is 14.3. The van der Waals surface area contributed by atoms with Crippen LogP contribution in [0.15, 0.2) is 24.3 Å². The zero-order valence-electron chi connectivity index (χ0n) is 11.7. The maximum atomic E-state index is 11.6. The number of hydrogen-bond donors (Lipinski definition) is 2. The molecule has 20 heavy (non-hydrogen) atoms. The third-order valence-corrected chi connectivity index (χ3v) is 2.82. The number of cyclic esters (lactones) is 1. The Bertz CT molecular complexity index is 502. The van der Waals surface area contributed by atoms with Gasteiger partial charge in [0.05, 0.1) is 6.54 Å². The Kier molecular flexibility index (Phi) is 4.45. The van der Waals surface area contributed by atoms with E-state index >= 15 is 0 Å². The quantitative estimate of drug-likeness (QED) is 0.886. The topological polar surface area (TPSA) is 70.7 Å². The molecule has 2 N–H and O–H groups in total. The van der Waals surface area contributed by atoms with Gasteiger partial charge >= 0.3 is 12.1 Å². The molecular formula is C14H19N3O3. The number of nitrogens with one attached hydrogen (secondary N) is 2. The fraction of sp³-hybridized carbons (Fsp3) is 0.429. The van der Waals surface area contributed by atoms with Gasteiger partial charge in [-0.1, -0.05) is 12.1 Å². The van der Waals surface area contributed by atoms with Crippen LogP contribution in [-0.2, 0) is 11.3 Å². The van der Waals surface area contributed by atoms with Crippen LogP contribution in [-0.4, -0.2) is 36.2 Å². The number of carbonyl (C=O) groups is 2. The lowest BCUT2D eigenvalue weighted by Gasteiger charge is -2.14. The van der Waals surface area contributed by atoms with Crippen molar-refractivity contribution >= 4 is 17.8 Å². The first-order valence-electron chi connectivity index (χ1n) is 6.63. The van der Waals surface area contributed by atoms with Crippen LogP contribution in [0.3, 0.4) is 0 Å². The molecule has 1 fully saturated rings. The average molecular weight is 277 g/mol. The number of rotatable bonds is 4. The molecule has 0 unspecified atom stereocenters. The number of anilines is 1. The summed E-state index contributed by atoms with van der Waals surface area (Å²) < 4.78 is 4.88. The van der Waals surface area contributed by atoms with E-state index in [1.54, 1.807) is 4.90 Å². The molecule has 6 heteroatoms. The minimum absolute atomic E-state index is 0.0811. The first-order chi connectivity index (χ1) is 9.54. The van der Waals surface area contributed by atoms with E-state index in [0.717, 1.165) is 5.56 Å². The van der Waals surface area contributed by atoms with Crippen molar-refractivity contribution in [2.24, 2.45) is 0 Å². The van der Waals surface area contributed by atoms with Gasteiger partial charge < -0.3 is 20.3 Å². The first-order valence-corrected chi connectivity index (χ1v) is 6.63. The van der Waals surface area contributed by atoms with Gasteiger partial charge in [-0.15, -0.1) is 0 Å². The number of amides is 3. The van der Waals surface area contributed by atoms with E-state index in [4.69, 9.17) is 4.74 Å². The van der Waals surface area contributed by atoms with Crippen molar-refractivity contribution in [3.05, 3.63) is 29.8 Å². The second kappa shape index (κ2) is 6.27. The van der Waals surface area contributed by atoms with Gasteiger partial charge in [-0.2, -0.15) is 0 Å². The molecule has 0 spiro atoms. The molecule has 0 bridgehead atoms. The molecule has 1 heterocycles. The summed E-state index contributed by atoms with van der Waals surface area (Å²) in [5.74, 6) is 0. The van der Waals surface area contributed by atoms with E-state index in [1.165, 1.54) is 0 Å². The second-order valence-corrected chi connectivity index (χ2v) is 4.99. The molecule has 6 nitrogen and oxygen atoms in total. The molecule has 1 aliphatic heterocycles. The van der Waals surface area contributed by atoms with Crippen LogP contribution >= 0.6 is 0 Å². The van der Waals surface area contributed by atoms with Gasteiger partial charge in [0.2, 0.25) is 0 Å². The Morgan fingerprint density at radius 3 is 2.90 bits per heavy atom. The van der Waals surface area contributed by atoms with Crippen molar-refractivity contribution in [2.45, 2.75) is 26.4 Å². The van der Waals surface area contributed by atoms with Gasteiger partial charge in [-0.05, 0) is 31.5 Å². The van der Waals surface area contributed by atoms with Crippen LogP contribution in [0.25, 0.3) is 0 Å². The molecule has 1 aromatic carbocycles. The first kappa shape index (κ1) is 14.2. The Hall–Kier alpha value is -2.24. The van der Waals surface area contributed by atoms with Gasteiger partial charge in [-0.3, -0.25) is 0 Å². The second-order valence-electron chi connectivity index (χ2n) is 4.99. The molecule has 0 aromatic heterocycles. The number of benzene rings is 1. The smallest absolute Gasteiger partial charge is 0.410 e. The van der Waals surface area contributed by atoms with Crippen molar-refractivity contribution in [1.29, 1.82) is 0 Å². The number of ether oxygens (including phenoxy) is 1. The molecule has 3 amide bonds. The third-order valence-electron chi connectivity index (χ3n) is 2.82. The molecule has 0 radical (unpaired) electrons. The van der Waals surface area contributed by atoms with E-state index in [0.29, 0.717) is 25.4 Å². The van der Waals surface area contributed by atoms with Crippen LogP contribution in [0.5, 0.6) is 0 Å². The monoisotopic (exact) mass is 277 g/mol. The highest BCUT2D eigenvalue weighted by Gasteiger charge is 2.21. The predicted molar refractivity (Wildman–Crippen MR) is 75.5 cm³/mol. The fourth-order valence-electron chi connectivity index (χ4n) is 1.97. The number of hydrogen-bond acceptors (Lipinski definition) is 3. The summed E-state index contributed by atoms with van der Waals surface area (Å²) in [6.07, 6.45) is -0.291. The summed E-state index contributed by atoms with van der Waals surface area (Å²) in [6, 6.07) is 7.27. The summed E-state index contributed by atoms with van der Waals surface area (Å²) in [5, 5.41) is 5.52. The zero-order chi connectivity index (χ0) is 14.5. The Morgan fingerprint density at radius 2 is 2.25 bits per heavy atom. The molecule has 1 saturated heterocycles. The standard InChI is InChI=1S/C14H19N3O3/c1-10(2)15-13(18)16-12-5-3-4-11(8-12)9-17-6-7-20-14(17)19/h3-5,8,10H,6-7,9H2,1-2H3,(H2,15,16,18). The van der Waals surface area contributed by atoms with Crippen molar-refractivity contribution in [3.63, 3.8) is 0 Å². The summed E-state index contributed by atoms with van der Waals surface area (Å²) in [6.45, 7) is 5.32. The predicted octanol–water partition coefficient (Wildman–Crippen LogP) is 2.17. The number of urea groups is 1. The summed E-state index contributed by atoms with van der Waals surface area (Å²) >= 11 is 0. The van der Waals surface area contributed by atoms with E-state index in [1.807, 2.05) is 38.1 Å². The maximum Gasteiger partial charge on any atom is 0.410 e. The molecule has 0 atom stereocenters. The van der Waals surface area contributed by atoms with Gasteiger partial charge in [0.25, 0.3) is 0 Å². The highest BCUT2D eigenvalue weighted by atomic mass is 16.6. The fourth-order valence-corrected chi connectivity index (χ4v) is 1.97. The number of carbonyl (C=O) groups excluding carboxylic acids is 2. The van der Waals surface area contributed by atoms with Crippen LogP contribution < -0.4 is 10.6 Å². The van der Waals surface area contributed by atoms with E-state index in [2.05, 4.69) is 10.6 Å². The minimum atomic E-state index is -0.291. The summed E-state index contributed by atoms with van der Waals surface area (Å²) in [4.78, 5) is 24.6. The SMILES string of the molecule is CC(C)NC(=O)Nc1cccc(CN2CCOC2=O)c1. The third kappa shape index (κ3) is 3.88. The van der Waals surface area contributed by atoms with Gasteiger partial charge in [0, 0.05) is 18.3 Å². The molecule has 108 valence electrons. The van der Waals surface area contributed by atoms with Crippen molar-refractivity contribution in [1.82, 2.24) is 10.2 Å². The van der Waals surface area contributed by atoms with Gasteiger partial charge in [-0.25, -0.2) is 9.59 Å². The highest BCUT2D eigenvalue weighted by Crippen LogP contribution is 2.15. The van der Waals surface area contributed by atoms with Gasteiger partial charge in [0.1, 0.15) is 6.61 Å². The van der Waals surface area contributed by atoms with Gasteiger partial charge in [0.15, 0.2) is 0 Å². The zero-order valence-corrected chi connectivity index (χ0v) is 11.7. The van der Waals surface area contributed by atoms with Crippen molar-refractivity contribution in [3.8, 4) is 0 Å². The van der Waals surface area contributed by atoms with Crippen LogP contribution in [0.2, 0.25) is 0 Å². The average Bonchev–Trinajstić information content (AvgIpc) is 2.74. The lowest BCUT2D eigenvalue weighted by molar-refractivity contribution is 0.157. The lowest BCUT2D eigenvalue weighted by Crippen LogP contribution is -2.34. The van der Waals surface area contributed by atoms with E-state index in [-0.39, 0.29) is 18.2 Å². The maximum absolute atomic E-state index is 11.6. The van der Waals surface area contributed by atoms with E-state index in [9.17, 15) is 9.59 Å². The molecule has 1 aliphatic rings. The summed E-state index contributed by atoms with van der Waals surface area (Å²) in [5.41, 5.74) is 1.65. The summed E-state index contributed by atoms with van der Waals surface area (Å²) in [7, 11) is 0. The minimum Gasteiger partial charge on any atom is -0.448 e. The molecule has 1 aromatic rings. The van der Waals surface area contributed by atoms with Crippen molar-refractivity contribution < 1.29 is 14.3 Å². The Labute approximate surface area is 118 Å². The van der Waals surface area contributed by atoms with Crippen LogP contribution in [0.1, 0.15) is 19.4 Å². The molecule has 0 saturated carbocycles. The Morgan fingerprint density at radius 1 is 1.45 bits per heavy atom. The van der Waals surface area contributed by atoms with Crippen LogP contribution in [0, 0.1) is 0 Å². The highest BCUT2D eigenvalue weighted by molar-refractivity contribution is 5.89.